The van der Waals surface area contributed by atoms with Crippen molar-refractivity contribution in [3.05, 3.63) is 35.5 Å². The van der Waals surface area contributed by atoms with E-state index in [1.165, 1.54) is 5.56 Å². The Kier molecular flexibility index (Phi) is 7.20. The molecule has 2 aliphatic rings. The summed E-state index contributed by atoms with van der Waals surface area (Å²) in [4.78, 5) is 37.9. The molecule has 0 unspecified atom stereocenters. The Morgan fingerprint density at radius 1 is 1.18 bits per heavy atom. The number of anilines is 2. The molecule has 1 aromatic carbocycles. The van der Waals surface area contributed by atoms with E-state index in [9.17, 15) is 9.59 Å². The number of ketones is 1. The van der Waals surface area contributed by atoms with Crippen LogP contribution in [0.25, 0.3) is 11.4 Å². The normalized spacial score (nSPS) is 18.5. The maximum absolute atomic E-state index is 11.8. The predicted octanol–water partition coefficient (Wildman–Crippen LogP) is 2.46. The molecule has 2 N–H and O–H groups in total. The second-order valence-corrected chi connectivity index (χ2v) is 8.64. The zero-order chi connectivity index (χ0) is 23.4. The average Bonchev–Trinajstić information content (AvgIpc) is 2.79. The highest BCUT2D eigenvalue weighted by molar-refractivity contribution is 5.89. The van der Waals surface area contributed by atoms with E-state index in [1.807, 2.05) is 31.2 Å². The maximum atomic E-state index is 11.8. The summed E-state index contributed by atoms with van der Waals surface area (Å²) in [5.41, 5.74) is 3.73. The molecule has 0 aliphatic carbocycles. The summed E-state index contributed by atoms with van der Waals surface area (Å²) in [7, 11) is 0. The summed E-state index contributed by atoms with van der Waals surface area (Å²) >= 11 is 0. The van der Waals surface area contributed by atoms with Gasteiger partial charge in [-0.15, -0.1) is 0 Å². The Balaban J connectivity index is 1.67. The number of benzene rings is 1. The molecule has 3 heterocycles. The van der Waals surface area contributed by atoms with Crippen LogP contribution < -0.4 is 15.5 Å². The van der Waals surface area contributed by atoms with E-state index >= 15 is 0 Å². The quantitative estimate of drug-likeness (QED) is 0.694. The molecule has 33 heavy (non-hydrogen) atoms. The Morgan fingerprint density at radius 3 is 2.67 bits per heavy atom. The molecule has 9 heteroatoms. The zero-order valence-corrected chi connectivity index (χ0v) is 19.6. The number of ether oxygens (including phenoxy) is 1. The van der Waals surface area contributed by atoms with Gasteiger partial charge in [-0.2, -0.15) is 0 Å². The van der Waals surface area contributed by atoms with E-state index in [2.05, 4.69) is 27.4 Å². The van der Waals surface area contributed by atoms with E-state index in [4.69, 9.17) is 14.7 Å². The monoisotopic (exact) mass is 452 g/mol. The van der Waals surface area contributed by atoms with Gasteiger partial charge in [0, 0.05) is 43.0 Å². The number of amides is 2. The molecule has 2 aromatic rings. The van der Waals surface area contributed by atoms with Crippen molar-refractivity contribution in [3.8, 4) is 11.4 Å². The fraction of sp³-hybridized carbons (Fsp3) is 0.500. The van der Waals surface area contributed by atoms with Crippen LogP contribution in [0.5, 0.6) is 0 Å². The topological polar surface area (TPSA) is 99.7 Å². The van der Waals surface area contributed by atoms with Gasteiger partial charge in [-0.1, -0.05) is 0 Å². The number of hydrogen-bond acceptors (Lipinski definition) is 7. The minimum absolute atomic E-state index is 0.157. The molecule has 0 saturated carbocycles. The lowest BCUT2D eigenvalue weighted by Gasteiger charge is -2.37. The minimum Gasteiger partial charge on any atom is -0.377 e. The van der Waals surface area contributed by atoms with Crippen LogP contribution in [-0.2, 0) is 22.5 Å². The van der Waals surface area contributed by atoms with Crippen molar-refractivity contribution in [1.82, 2.24) is 20.2 Å². The van der Waals surface area contributed by atoms with Gasteiger partial charge in [0.05, 0.1) is 31.5 Å². The van der Waals surface area contributed by atoms with Crippen molar-refractivity contribution in [2.75, 3.05) is 49.6 Å². The average molecular weight is 453 g/mol. The van der Waals surface area contributed by atoms with Gasteiger partial charge in [-0.05, 0) is 51.5 Å². The zero-order valence-electron chi connectivity index (χ0n) is 19.6. The van der Waals surface area contributed by atoms with E-state index < -0.39 is 0 Å². The van der Waals surface area contributed by atoms with Gasteiger partial charge in [0.2, 0.25) is 0 Å². The molecular weight excluding hydrogens is 420 g/mol. The van der Waals surface area contributed by atoms with Gasteiger partial charge < -0.3 is 20.3 Å². The molecule has 0 bridgehead atoms. The number of urea groups is 1. The summed E-state index contributed by atoms with van der Waals surface area (Å²) in [5.74, 6) is 1.78. The van der Waals surface area contributed by atoms with Crippen molar-refractivity contribution < 1.29 is 14.3 Å². The lowest BCUT2D eigenvalue weighted by atomic mass is 10.0. The van der Waals surface area contributed by atoms with Crippen LogP contribution >= 0.6 is 0 Å². The van der Waals surface area contributed by atoms with Crippen molar-refractivity contribution in [2.24, 2.45) is 0 Å². The van der Waals surface area contributed by atoms with Crippen molar-refractivity contribution in [1.29, 1.82) is 0 Å². The van der Waals surface area contributed by atoms with E-state index in [-0.39, 0.29) is 17.9 Å². The molecule has 2 aliphatic heterocycles. The van der Waals surface area contributed by atoms with Crippen molar-refractivity contribution >= 4 is 23.3 Å². The smallest absolute Gasteiger partial charge is 0.319 e. The van der Waals surface area contributed by atoms with Crippen LogP contribution in [0.1, 0.15) is 32.0 Å². The molecule has 4 rings (SSSR count). The van der Waals surface area contributed by atoms with Gasteiger partial charge in [0.25, 0.3) is 0 Å². The van der Waals surface area contributed by atoms with E-state index in [0.717, 1.165) is 36.6 Å². The Morgan fingerprint density at radius 2 is 1.97 bits per heavy atom. The summed E-state index contributed by atoms with van der Waals surface area (Å²) < 4.78 is 5.64. The largest absolute Gasteiger partial charge is 0.377 e. The number of fused-ring (bicyclic) bond motifs is 1. The molecule has 176 valence electrons. The highest BCUT2D eigenvalue weighted by Gasteiger charge is 2.29. The highest BCUT2D eigenvalue weighted by atomic mass is 16.5. The number of morpholine rings is 1. The standard InChI is InChI=1S/C24H32N6O3/c1-4-25-24(32)26-19-7-5-18(6-8-19)22-27-21-14-29(13-17(3)31)10-9-20(21)23(28-22)30-11-12-33-15-16(30)2/h5-8,16H,4,9-15H2,1-3H3,(H2,25,26,32)/t16-/m0/s1. The first-order valence-electron chi connectivity index (χ1n) is 11.6. The van der Waals surface area contributed by atoms with Gasteiger partial charge in [0.1, 0.15) is 11.6 Å². The lowest BCUT2D eigenvalue weighted by molar-refractivity contribution is -0.118. The number of nitrogens with one attached hydrogen (secondary N) is 2. The number of aromatic nitrogens is 2. The number of carbonyl (C=O) groups excluding carboxylic acids is 2. The molecule has 1 fully saturated rings. The van der Waals surface area contributed by atoms with Crippen molar-refractivity contribution in [3.63, 3.8) is 0 Å². The molecule has 1 aromatic heterocycles. The second-order valence-electron chi connectivity index (χ2n) is 8.64. The lowest BCUT2D eigenvalue weighted by Crippen LogP contribution is -2.45. The SMILES string of the molecule is CCNC(=O)Nc1ccc(-c2nc3c(c(N4CCOC[C@@H]4C)n2)CCN(CC(C)=O)C3)cc1. The predicted molar refractivity (Wildman–Crippen MR) is 127 cm³/mol. The highest BCUT2D eigenvalue weighted by Crippen LogP contribution is 2.31. The number of rotatable bonds is 6. The fourth-order valence-corrected chi connectivity index (χ4v) is 4.36. The molecular formula is C24H32N6O3. The van der Waals surface area contributed by atoms with Gasteiger partial charge in [0.15, 0.2) is 5.82 Å². The Hall–Kier alpha value is -3.04. The number of carbonyl (C=O) groups is 2. The summed E-state index contributed by atoms with van der Waals surface area (Å²) in [5, 5.41) is 5.53. The van der Waals surface area contributed by atoms with Gasteiger partial charge in [-0.25, -0.2) is 14.8 Å². The van der Waals surface area contributed by atoms with Crippen LogP contribution in [0.15, 0.2) is 24.3 Å². The molecule has 0 radical (unpaired) electrons. The second kappa shape index (κ2) is 10.3. The summed E-state index contributed by atoms with van der Waals surface area (Å²) in [6, 6.07) is 7.55. The summed E-state index contributed by atoms with van der Waals surface area (Å²) in [6.07, 6.45) is 0.817. The van der Waals surface area contributed by atoms with Crippen LogP contribution in [0, 0.1) is 0 Å². The van der Waals surface area contributed by atoms with Crippen LogP contribution in [0.3, 0.4) is 0 Å². The van der Waals surface area contributed by atoms with Gasteiger partial charge >= 0.3 is 6.03 Å². The molecule has 0 spiro atoms. The first-order valence-corrected chi connectivity index (χ1v) is 11.6. The Bertz CT molecular complexity index is 1010. The third kappa shape index (κ3) is 5.48. The van der Waals surface area contributed by atoms with Gasteiger partial charge in [-0.3, -0.25) is 9.69 Å². The third-order valence-corrected chi connectivity index (χ3v) is 5.95. The molecule has 1 atom stereocenters. The van der Waals surface area contributed by atoms with Crippen LogP contribution in [-0.4, -0.2) is 72.1 Å². The Labute approximate surface area is 194 Å². The molecule has 1 saturated heterocycles. The number of nitrogens with zero attached hydrogens (tertiary/aromatic N) is 4. The van der Waals surface area contributed by atoms with E-state index in [0.29, 0.717) is 44.4 Å². The first kappa shape index (κ1) is 23.1. The van der Waals surface area contributed by atoms with Crippen LogP contribution in [0.4, 0.5) is 16.3 Å². The minimum atomic E-state index is -0.232. The number of Topliss-reactive ketones (excluding diaryl/α,β-unsaturated/α-hetero) is 1. The fourth-order valence-electron chi connectivity index (χ4n) is 4.36. The maximum Gasteiger partial charge on any atom is 0.319 e. The third-order valence-electron chi connectivity index (χ3n) is 5.95. The van der Waals surface area contributed by atoms with Crippen LogP contribution in [0.2, 0.25) is 0 Å². The number of hydrogen-bond donors (Lipinski definition) is 2. The van der Waals surface area contributed by atoms with Crippen molar-refractivity contribution in [2.45, 2.75) is 39.8 Å². The molecule has 2 amide bonds. The van der Waals surface area contributed by atoms with E-state index in [1.54, 1.807) is 6.92 Å². The first-order chi connectivity index (χ1) is 15.9. The summed E-state index contributed by atoms with van der Waals surface area (Å²) in [6.45, 7) is 10.2. The molecule has 9 nitrogen and oxygen atoms in total.